The standard InChI is InChI=1S/C18H21N3O3S2/c1-4-11-19-18(25)20-15-6-5-13(2)17(12-15)26(22,23)21-14-7-9-16(24-3)10-8-14/h4-10,12,21H,1,11H2,2-3H3,(H2,19,20,25). The van der Waals surface area contributed by atoms with Gasteiger partial charge in [-0.15, -0.1) is 6.58 Å². The number of anilines is 2. The van der Waals surface area contributed by atoms with Crippen LogP contribution in [0.2, 0.25) is 0 Å². The molecule has 0 radical (unpaired) electrons. The van der Waals surface area contributed by atoms with Crippen molar-refractivity contribution in [3.05, 3.63) is 60.7 Å². The van der Waals surface area contributed by atoms with Crippen LogP contribution in [0.5, 0.6) is 5.75 Å². The zero-order valence-electron chi connectivity index (χ0n) is 14.6. The Morgan fingerprint density at radius 1 is 1.19 bits per heavy atom. The van der Waals surface area contributed by atoms with Crippen molar-refractivity contribution in [2.45, 2.75) is 11.8 Å². The van der Waals surface area contributed by atoms with Gasteiger partial charge in [0.25, 0.3) is 10.0 Å². The molecular formula is C18H21N3O3S2. The molecule has 0 spiro atoms. The predicted octanol–water partition coefficient (Wildman–Crippen LogP) is 3.28. The first-order valence-corrected chi connectivity index (χ1v) is 9.68. The molecule has 3 N–H and O–H groups in total. The molecule has 138 valence electrons. The van der Waals surface area contributed by atoms with Crippen LogP contribution in [0.3, 0.4) is 0 Å². The number of benzene rings is 2. The van der Waals surface area contributed by atoms with Crippen molar-refractivity contribution in [3.8, 4) is 5.75 Å². The summed E-state index contributed by atoms with van der Waals surface area (Å²) in [6.07, 6.45) is 1.68. The number of thiocarbonyl (C=S) groups is 1. The SMILES string of the molecule is C=CCNC(=S)Nc1ccc(C)c(S(=O)(=O)Nc2ccc(OC)cc2)c1. The zero-order valence-corrected chi connectivity index (χ0v) is 16.2. The van der Waals surface area contributed by atoms with Crippen LogP contribution in [0, 0.1) is 6.92 Å². The summed E-state index contributed by atoms with van der Waals surface area (Å²) in [7, 11) is -2.20. The Labute approximate surface area is 159 Å². The molecule has 0 atom stereocenters. The fourth-order valence-corrected chi connectivity index (χ4v) is 3.71. The number of nitrogens with one attached hydrogen (secondary N) is 3. The maximum absolute atomic E-state index is 12.8. The summed E-state index contributed by atoms with van der Waals surface area (Å²) in [4.78, 5) is 0.171. The topological polar surface area (TPSA) is 79.5 Å². The van der Waals surface area contributed by atoms with E-state index in [9.17, 15) is 8.42 Å². The maximum atomic E-state index is 12.8. The van der Waals surface area contributed by atoms with Crippen LogP contribution in [0.25, 0.3) is 0 Å². The van der Waals surface area contributed by atoms with Gasteiger partial charge in [0.1, 0.15) is 5.75 Å². The van der Waals surface area contributed by atoms with Gasteiger partial charge in [-0.1, -0.05) is 12.1 Å². The third-order valence-corrected chi connectivity index (χ3v) is 5.25. The minimum Gasteiger partial charge on any atom is -0.497 e. The van der Waals surface area contributed by atoms with Crippen LogP contribution in [-0.2, 0) is 10.0 Å². The molecule has 2 aromatic carbocycles. The fourth-order valence-electron chi connectivity index (χ4n) is 2.18. The molecule has 26 heavy (non-hydrogen) atoms. The zero-order chi connectivity index (χ0) is 19.2. The number of hydrogen-bond donors (Lipinski definition) is 3. The summed E-state index contributed by atoms with van der Waals surface area (Å²) in [6.45, 7) is 5.86. The van der Waals surface area contributed by atoms with Crippen LogP contribution in [0.15, 0.2) is 60.0 Å². The van der Waals surface area contributed by atoms with E-state index in [2.05, 4.69) is 21.9 Å². The van der Waals surface area contributed by atoms with Crippen LogP contribution >= 0.6 is 12.2 Å². The summed E-state index contributed by atoms with van der Waals surface area (Å²) in [5.74, 6) is 0.649. The molecule has 0 saturated carbocycles. The van der Waals surface area contributed by atoms with Crippen molar-refractivity contribution in [3.63, 3.8) is 0 Å². The van der Waals surface area contributed by atoms with Gasteiger partial charge < -0.3 is 15.4 Å². The lowest BCUT2D eigenvalue weighted by atomic mass is 10.2. The van der Waals surface area contributed by atoms with Crippen LogP contribution in [0.4, 0.5) is 11.4 Å². The first-order valence-electron chi connectivity index (χ1n) is 7.79. The highest BCUT2D eigenvalue weighted by Gasteiger charge is 2.18. The molecule has 0 aliphatic rings. The van der Waals surface area contributed by atoms with Crippen molar-refractivity contribution in [1.82, 2.24) is 5.32 Å². The molecule has 0 saturated heterocycles. The minimum absolute atomic E-state index is 0.171. The molecule has 2 rings (SSSR count). The Hall–Kier alpha value is -2.58. The molecule has 0 aliphatic carbocycles. The van der Waals surface area contributed by atoms with E-state index >= 15 is 0 Å². The molecule has 0 aromatic heterocycles. The lowest BCUT2D eigenvalue weighted by Gasteiger charge is -2.14. The molecule has 2 aromatic rings. The average molecular weight is 392 g/mol. The Bertz CT molecular complexity index is 894. The molecule has 0 unspecified atom stereocenters. The minimum atomic E-state index is -3.75. The van der Waals surface area contributed by atoms with Gasteiger partial charge in [-0.3, -0.25) is 4.72 Å². The van der Waals surface area contributed by atoms with Crippen molar-refractivity contribution >= 4 is 38.7 Å². The number of rotatable bonds is 7. The number of methoxy groups -OCH3 is 1. The Kier molecular flexibility index (Phi) is 6.59. The van der Waals surface area contributed by atoms with E-state index in [0.29, 0.717) is 34.3 Å². The lowest BCUT2D eigenvalue weighted by molar-refractivity contribution is 0.415. The third-order valence-electron chi connectivity index (χ3n) is 3.48. The van der Waals surface area contributed by atoms with Crippen molar-refractivity contribution in [2.24, 2.45) is 0 Å². The molecule has 0 bridgehead atoms. The van der Waals surface area contributed by atoms with Gasteiger partial charge in [0, 0.05) is 17.9 Å². The van der Waals surface area contributed by atoms with Crippen molar-refractivity contribution < 1.29 is 13.2 Å². The highest BCUT2D eigenvalue weighted by Crippen LogP contribution is 2.24. The average Bonchev–Trinajstić information content (AvgIpc) is 2.61. The second-order valence-electron chi connectivity index (χ2n) is 5.44. The van der Waals surface area contributed by atoms with Gasteiger partial charge in [0.2, 0.25) is 0 Å². The van der Waals surface area contributed by atoms with E-state index in [1.54, 1.807) is 62.6 Å². The quantitative estimate of drug-likeness (QED) is 0.497. The van der Waals surface area contributed by atoms with Gasteiger partial charge in [-0.2, -0.15) is 0 Å². The summed E-state index contributed by atoms with van der Waals surface area (Å²) >= 11 is 5.15. The first kappa shape index (κ1) is 19.7. The highest BCUT2D eigenvalue weighted by molar-refractivity contribution is 7.92. The normalized spacial score (nSPS) is 10.7. The summed E-state index contributed by atoms with van der Waals surface area (Å²) < 4.78 is 33.2. The van der Waals surface area contributed by atoms with E-state index in [0.717, 1.165) is 0 Å². The lowest BCUT2D eigenvalue weighted by Crippen LogP contribution is -2.28. The van der Waals surface area contributed by atoms with Crippen LogP contribution in [0.1, 0.15) is 5.56 Å². The van der Waals surface area contributed by atoms with Crippen LogP contribution < -0.4 is 20.1 Å². The summed E-state index contributed by atoms with van der Waals surface area (Å²) in [5, 5.41) is 6.28. The predicted molar refractivity (Wildman–Crippen MR) is 109 cm³/mol. The van der Waals surface area contributed by atoms with Crippen molar-refractivity contribution in [2.75, 3.05) is 23.7 Å². The molecule has 6 nitrogen and oxygen atoms in total. The fraction of sp³-hybridized carbons (Fsp3) is 0.167. The van der Waals surface area contributed by atoms with Gasteiger partial charge >= 0.3 is 0 Å². The van der Waals surface area contributed by atoms with Gasteiger partial charge in [-0.25, -0.2) is 8.42 Å². The molecule has 0 aliphatic heterocycles. The molecule has 0 amide bonds. The maximum Gasteiger partial charge on any atom is 0.262 e. The monoisotopic (exact) mass is 391 g/mol. The van der Waals surface area contributed by atoms with Gasteiger partial charge in [0.05, 0.1) is 12.0 Å². The van der Waals surface area contributed by atoms with Crippen LogP contribution in [-0.4, -0.2) is 27.2 Å². The smallest absolute Gasteiger partial charge is 0.262 e. The second kappa shape index (κ2) is 8.68. The Morgan fingerprint density at radius 3 is 2.46 bits per heavy atom. The third kappa shape index (κ3) is 5.21. The largest absolute Gasteiger partial charge is 0.497 e. The number of sulfonamides is 1. The Morgan fingerprint density at radius 2 is 1.85 bits per heavy atom. The summed E-state index contributed by atoms with van der Waals surface area (Å²) in [5.41, 5.74) is 1.65. The van der Waals surface area contributed by atoms with Crippen molar-refractivity contribution in [1.29, 1.82) is 0 Å². The number of hydrogen-bond acceptors (Lipinski definition) is 4. The second-order valence-corrected chi connectivity index (χ2v) is 7.50. The number of ether oxygens (including phenoxy) is 1. The molecular weight excluding hydrogens is 370 g/mol. The summed E-state index contributed by atoms with van der Waals surface area (Å²) in [6, 6.07) is 11.7. The Balaban J connectivity index is 2.22. The highest BCUT2D eigenvalue weighted by atomic mass is 32.2. The molecule has 0 fully saturated rings. The van der Waals surface area contributed by atoms with E-state index in [1.165, 1.54) is 0 Å². The van der Waals surface area contributed by atoms with Gasteiger partial charge in [0.15, 0.2) is 5.11 Å². The van der Waals surface area contributed by atoms with Gasteiger partial charge in [-0.05, 0) is 61.1 Å². The van der Waals surface area contributed by atoms with E-state index in [-0.39, 0.29) is 4.90 Å². The first-order chi connectivity index (χ1) is 12.4. The van der Waals surface area contributed by atoms with E-state index in [1.807, 2.05) is 0 Å². The molecule has 0 heterocycles. The molecule has 8 heteroatoms. The van der Waals surface area contributed by atoms with E-state index in [4.69, 9.17) is 17.0 Å². The number of aryl methyl sites for hydroxylation is 1. The van der Waals surface area contributed by atoms with E-state index < -0.39 is 10.0 Å².